The molecule has 1 heterocycles. The summed E-state index contributed by atoms with van der Waals surface area (Å²) in [6.45, 7) is 0.0901. The van der Waals surface area contributed by atoms with Crippen LogP contribution in [0.15, 0.2) is 24.3 Å². The monoisotopic (exact) mass is 234 g/mol. The fraction of sp³-hybridized carbons (Fsp3) is 0.0909. The fourth-order valence-electron chi connectivity index (χ4n) is 1.20. The molecule has 5 heteroatoms. The highest BCUT2D eigenvalue weighted by Crippen LogP contribution is 2.29. The minimum absolute atomic E-state index is 0.0901. The molecule has 80 valence electrons. The lowest BCUT2D eigenvalue weighted by atomic mass is 10.1. The number of rotatable bonds is 3. The molecule has 2 aromatic rings. The highest BCUT2D eigenvalue weighted by molar-refractivity contribution is 6.99. The van der Waals surface area contributed by atoms with Crippen LogP contribution >= 0.6 is 11.7 Å². The molecule has 16 heavy (non-hydrogen) atoms. The third-order valence-electron chi connectivity index (χ3n) is 1.88. The molecule has 0 atom stereocenters. The molecule has 0 fully saturated rings. The van der Waals surface area contributed by atoms with Crippen LogP contribution in [0.3, 0.4) is 0 Å². The Bertz CT molecular complexity index is 533. The molecule has 0 amide bonds. The van der Waals surface area contributed by atoms with Crippen molar-refractivity contribution in [1.82, 2.24) is 8.75 Å². The quantitative estimate of drug-likeness (QED) is 0.765. The first-order valence-electron chi connectivity index (χ1n) is 4.46. The van der Waals surface area contributed by atoms with E-state index in [4.69, 9.17) is 11.2 Å². The number of benzene rings is 1. The molecule has 0 N–H and O–H groups in total. The van der Waals surface area contributed by atoms with Crippen LogP contribution in [-0.2, 0) is 0 Å². The summed E-state index contributed by atoms with van der Waals surface area (Å²) in [6.07, 6.45) is 5.07. The first kappa shape index (κ1) is 10.6. The van der Waals surface area contributed by atoms with E-state index in [1.54, 1.807) is 18.2 Å². The van der Waals surface area contributed by atoms with Crippen molar-refractivity contribution in [2.45, 2.75) is 0 Å². The van der Waals surface area contributed by atoms with Crippen LogP contribution in [0.2, 0.25) is 0 Å². The maximum atomic E-state index is 13.5. The molecule has 3 nitrogen and oxygen atoms in total. The predicted molar refractivity (Wildman–Crippen MR) is 59.6 cm³/mol. The Hall–Kier alpha value is -1.93. The van der Waals surface area contributed by atoms with Crippen molar-refractivity contribution in [1.29, 1.82) is 0 Å². The van der Waals surface area contributed by atoms with E-state index in [0.717, 1.165) is 11.7 Å². The minimum Gasteiger partial charge on any atom is -0.462 e. The van der Waals surface area contributed by atoms with Gasteiger partial charge in [0.15, 0.2) is 12.3 Å². The lowest BCUT2D eigenvalue weighted by Crippen LogP contribution is -1.96. The van der Waals surface area contributed by atoms with E-state index in [2.05, 4.69) is 14.7 Å². The molecule has 1 aromatic heterocycles. The van der Waals surface area contributed by atoms with Crippen molar-refractivity contribution in [2.75, 3.05) is 6.61 Å². The highest BCUT2D eigenvalue weighted by atomic mass is 32.1. The average Bonchev–Trinajstić information content (AvgIpc) is 2.75. The van der Waals surface area contributed by atoms with Gasteiger partial charge in [0, 0.05) is 5.56 Å². The molecule has 0 unspecified atom stereocenters. The lowest BCUT2D eigenvalue weighted by Gasteiger charge is -2.02. The second kappa shape index (κ2) is 4.73. The third-order valence-corrected chi connectivity index (χ3v) is 2.39. The largest absolute Gasteiger partial charge is 0.462 e. The lowest BCUT2D eigenvalue weighted by molar-refractivity contribution is 0.360. The van der Waals surface area contributed by atoms with Gasteiger partial charge in [-0.25, -0.2) is 4.39 Å². The van der Waals surface area contributed by atoms with E-state index in [9.17, 15) is 4.39 Å². The van der Waals surface area contributed by atoms with Crippen LogP contribution in [0, 0.1) is 18.2 Å². The van der Waals surface area contributed by atoms with Crippen LogP contribution < -0.4 is 4.74 Å². The molecule has 2 rings (SSSR count). The topological polar surface area (TPSA) is 35.0 Å². The van der Waals surface area contributed by atoms with Crippen molar-refractivity contribution < 1.29 is 9.13 Å². The maximum Gasteiger partial charge on any atom is 0.255 e. The van der Waals surface area contributed by atoms with Crippen LogP contribution in [0.5, 0.6) is 5.88 Å². The number of hydrogen-bond acceptors (Lipinski definition) is 4. The Morgan fingerprint density at radius 2 is 2.19 bits per heavy atom. The van der Waals surface area contributed by atoms with Gasteiger partial charge in [0.2, 0.25) is 0 Å². The van der Waals surface area contributed by atoms with Gasteiger partial charge in [0.05, 0.1) is 11.7 Å². The molecule has 0 aliphatic rings. The molecular weight excluding hydrogens is 227 g/mol. The van der Waals surface area contributed by atoms with Gasteiger partial charge in [-0.05, 0) is 12.1 Å². The number of terminal acetylenes is 1. The third kappa shape index (κ3) is 2.02. The summed E-state index contributed by atoms with van der Waals surface area (Å²) in [6, 6.07) is 6.32. The predicted octanol–water partition coefficient (Wildman–Crippen LogP) is 2.36. The van der Waals surface area contributed by atoms with E-state index >= 15 is 0 Å². The van der Waals surface area contributed by atoms with Crippen LogP contribution in [-0.4, -0.2) is 15.4 Å². The molecule has 0 radical (unpaired) electrons. The maximum absolute atomic E-state index is 13.5. The summed E-state index contributed by atoms with van der Waals surface area (Å²) >= 11 is 0.960. The van der Waals surface area contributed by atoms with E-state index in [1.807, 2.05) is 0 Å². The zero-order valence-corrected chi connectivity index (χ0v) is 9.00. The first-order valence-corrected chi connectivity index (χ1v) is 5.19. The van der Waals surface area contributed by atoms with E-state index in [0.29, 0.717) is 11.3 Å². The Balaban J connectivity index is 2.38. The number of halogens is 1. The second-order valence-electron chi connectivity index (χ2n) is 2.89. The van der Waals surface area contributed by atoms with Crippen molar-refractivity contribution in [3.8, 4) is 29.5 Å². The van der Waals surface area contributed by atoms with Crippen molar-refractivity contribution in [2.24, 2.45) is 0 Å². The fourth-order valence-corrected chi connectivity index (χ4v) is 1.72. The second-order valence-corrected chi connectivity index (χ2v) is 3.42. The van der Waals surface area contributed by atoms with Gasteiger partial charge < -0.3 is 4.74 Å². The molecule has 0 spiro atoms. The Kier molecular flexibility index (Phi) is 3.13. The Morgan fingerprint density at radius 1 is 1.38 bits per heavy atom. The Morgan fingerprint density at radius 3 is 2.94 bits per heavy atom. The summed E-state index contributed by atoms with van der Waals surface area (Å²) in [5, 5.41) is 0. The van der Waals surface area contributed by atoms with Crippen LogP contribution in [0.4, 0.5) is 4.39 Å². The number of ether oxygens (including phenoxy) is 1. The number of hydrogen-bond donors (Lipinski definition) is 0. The van der Waals surface area contributed by atoms with Gasteiger partial charge in [-0.2, -0.15) is 4.37 Å². The smallest absolute Gasteiger partial charge is 0.255 e. The summed E-state index contributed by atoms with van der Waals surface area (Å²) in [7, 11) is 0. The zero-order chi connectivity index (χ0) is 11.4. The Labute approximate surface area is 96.2 Å². The summed E-state index contributed by atoms with van der Waals surface area (Å²) in [4.78, 5) is 0. The molecular formula is C11H7FN2OS. The molecule has 0 bridgehead atoms. The SMILES string of the molecule is C#CCOc1nsnc1-c1ccccc1F. The first-order chi connectivity index (χ1) is 7.83. The molecule has 0 saturated heterocycles. The van der Waals surface area contributed by atoms with Gasteiger partial charge in [-0.1, -0.05) is 18.1 Å². The van der Waals surface area contributed by atoms with Gasteiger partial charge in [-0.3, -0.25) is 0 Å². The van der Waals surface area contributed by atoms with E-state index < -0.39 is 0 Å². The van der Waals surface area contributed by atoms with Crippen molar-refractivity contribution in [3.63, 3.8) is 0 Å². The van der Waals surface area contributed by atoms with Crippen LogP contribution in [0.25, 0.3) is 11.3 Å². The van der Waals surface area contributed by atoms with Crippen molar-refractivity contribution in [3.05, 3.63) is 30.1 Å². The average molecular weight is 234 g/mol. The minimum atomic E-state index is -0.360. The normalized spacial score (nSPS) is 9.75. The number of nitrogens with zero attached hydrogens (tertiary/aromatic N) is 2. The summed E-state index contributed by atoms with van der Waals surface area (Å²) in [5.74, 6) is 2.23. The molecule has 0 aliphatic carbocycles. The number of aromatic nitrogens is 2. The molecule has 1 aromatic carbocycles. The molecule has 0 saturated carbocycles. The van der Waals surface area contributed by atoms with Gasteiger partial charge in [-0.15, -0.1) is 10.8 Å². The molecule has 0 aliphatic heterocycles. The summed E-state index contributed by atoms with van der Waals surface area (Å²) in [5.41, 5.74) is 0.752. The van der Waals surface area contributed by atoms with E-state index in [1.165, 1.54) is 6.07 Å². The van der Waals surface area contributed by atoms with E-state index in [-0.39, 0.29) is 18.3 Å². The zero-order valence-electron chi connectivity index (χ0n) is 8.18. The summed E-state index contributed by atoms with van der Waals surface area (Å²) < 4.78 is 26.6. The van der Waals surface area contributed by atoms with Crippen molar-refractivity contribution >= 4 is 11.7 Å². The van der Waals surface area contributed by atoms with Gasteiger partial charge in [0.1, 0.15) is 5.82 Å². The van der Waals surface area contributed by atoms with Crippen LogP contribution in [0.1, 0.15) is 0 Å². The standard InChI is InChI=1S/C11H7FN2OS/c1-2-7-15-11-10(13-16-14-11)8-5-3-4-6-9(8)12/h1,3-6H,7H2. The van der Waals surface area contributed by atoms with Gasteiger partial charge in [0.25, 0.3) is 5.88 Å². The van der Waals surface area contributed by atoms with Gasteiger partial charge >= 0.3 is 0 Å². The highest BCUT2D eigenvalue weighted by Gasteiger charge is 2.14.